The zero-order chi connectivity index (χ0) is 15.2. The molecular formula is C15H25ClN4O. The fourth-order valence-corrected chi connectivity index (χ4v) is 2.67. The van der Waals surface area contributed by atoms with Gasteiger partial charge >= 0.3 is 0 Å². The van der Waals surface area contributed by atoms with Crippen molar-refractivity contribution in [3.05, 3.63) is 11.5 Å². The molecule has 0 amide bonds. The van der Waals surface area contributed by atoms with Crippen LogP contribution in [0.4, 0.5) is 0 Å². The summed E-state index contributed by atoms with van der Waals surface area (Å²) in [5.41, 5.74) is 3.06. The first-order valence-corrected chi connectivity index (χ1v) is 8.32. The Hall–Kier alpha value is -1.07. The fourth-order valence-electron chi connectivity index (χ4n) is 2.50. The molecule has 2 heterocycles. The molecule has 0 saturated carbocycles. The van der Waals surface area contributed by atoms with Crippen molar-refractivity contribution < 1.29 is 4.74 Å². The van der Waals surface area contributed by atoms with Gasteiger partial charge in [-0.15, -0.1) is 11.6 Å². The summed E-state index contributed by atoms with van der Waals surface area (Å²) in [7, 11) is 0. The quantitative estimate of drug-likeness (QED) is 0.528. The second-order valence-electron chi connectivity index (χ2n) is 5.16. The van der Waals surface area contributed by atoms with Gasteiger partial charge in [0, 0.05) is 32.0 Å². The highest BCUT2D eigenvalue weighted by Gasteiger charge is 2.17. The number of halogens is 1. The molecule has 2 aromatic rings. The summed E-state index contributed by atoms with van der Waals surface area (Å²) in [5, 5.41) is 4.55. The largest absolute Gasteiger partial charge is 0.380 e. The Morgan fingerprint density at radius 1 is 1.24 bits per heavy atom. The van der Waals surface area contributed by atoms with Crippen molar-refractivity contribution in [2.24, 2.45) is 0 Å². The normalized spacial score (nSPS) is 11.6. The molecule has 0 aromatic carbocycles. The van der Waals surface area contributed by atoms with Gasteiger partial charge in [0.2, 0.25) is 0 Å². The van der Waals surface area contributed by atoms with E-state index in [2.05, 4.69) is 23.5 Å². The van der Waals surface area contributed by atoms with Crippen molar-refractivity contribution in [1.82, 2.24) is 19.3 Å². The molecule has 6 heteroatoms. The molecule has 2 rings (SSSR count). The van der Waals surface area contributed by atoms with Gasteiger partial charge in [-0.3, -0.25) is 0 Å². The molecule has 0 unspecified atom stereocenters. The van der Waals surface area contributed by atoms with Crippen molar-refractivity contribution in [1.29, 1.82) is 0 Å². The van der Waals surface area contributed by atoms with Crippen LogP contribution < -0.4 is 0 Å². The van der Waals surface area contributed by atoms with Crippen molar-refractivity contribution >= 4 is 22.8 Å². The number of hydrogen-bond acceptors (Lipinski definition) is 3. The molecule has 0 N–H and O–H groups in total. The van der Waals surface area contributed by atoms with Crippen LogP contribution in [0.2, 0.25) is 0 Å². The van der Waals surface area contributed by atoms with E-state index in [1.165, 1.54) is 0 Å². The van der Waals surface area contributed by atoms with E-state index in [1.807, 2.05) is 11.6 Å². The number of aromatic nitrogens is 4. The van der Waals surface area contributed by atoms with E-state index in [0.717, 1.165) is 61.6 Å². The van der Waals surface area contributed by atoms with Crippen LogP contribution in [0.1, 0.15) is 38.2 Å². The number of rotatable bonds is 9. The predicted molar refractivity (Wildman–Crippen MR) is 86.1 cm³/mol. The standard InChI is InChI=1S/C15H25ClN4O/c1-4-6-10-21-11-9-19-13(7-8-16)17-14-12(3)18-20(5-2)15(14)19/h4-11H2,1-3H3. The summed E-state index contributed by atoms with van der Waals surface area (Å²) >= 11 is 5.91. The van der Waals surface area contributed by atoms with E-state index in [0.29, 0.717) is 12.5 Å². The van der Waals surface area contributed by atoms with Gasteiger partial charge in [-0.2, -0.15) is 5.10 Å². The fraction of sp³-hybridized carbons (Fsp3) is 0.733. The van der Waals surface area contributed by atoms with E-state index < -0.39 is 0 Å². The number of ether oxygens (including phenoxy) is 1. The summed E-state index contributed by atoms with van der Waals surface area (Å²) in [5.74, 6) is 1.61. The number of fused-ring (bicyclic) bond motifs is 1. The van der Waals surface area contributed by atoms with E-state index in [-0.39, 0.29) is 0 Å². The molecule has 0 aliphatic carbocycles. The molecule has 0 aliphatic heterocycles. The van der Waals surface area contributed by atoms with Gasteiger partial charge in [0.25, 0.3) is 0 Å². The molecule has 0 bridgehead atoms. The van der Waals surface area contributed by atoms with Gasteiger partial charge in [-0.1, -0.05) is 13.3 Å². The third-order valence-corrected chi connectivity index (χ3v) is 3.79. The van der Waals surface area contributed by atoms with E-state index >= 15 is 0 Å². The first kappa shape index (κ1) is 16.3. The van der Waals surface area contributed by atoms with E-state index in [4.69, 9.17) is 21.3 Å². The Morgan fingerprint density at radius 3 is 2.71 bits per heavy atom. The smallest absolute Gasteiger partial charge is 0.159 e. The summed E-state index contributed by atoms with van der Waals surface area (Å²) in [4.78, 5) is 4.73. The van der Waals surface area contributed by atoms with Crippen molar-refractivity contribution in [2.75, 3.05) is 19.1 Å². The number of alkyl halides is 1. The van der Waals surface area contributed by atoms with Crippen LogP contribution in [0.3, 0.4) is 0 Å². The van der Waals surface area contributed by atoms with E-state index in [1.54, 1.807) is 0 Å². The predicted octanol–water partition coefficient (Wildman–Crippen LogP) is 3.16. The number of hydrogen-bond donors (Lipinski definition) is 0. The molecular weight excluding hydrogens is 288 g/mol. The maximum absolute atomic E-state index is 5.91. The monoisotopic (exact) mass is 312 g/mol. The highest BCUT2D eigenvalue weighted by Crippen LogP contribution is 2.20. The molecule has 118 valence electrons. The zero-order valence-electron chi connectivity index (χ0n) is 13.2. The minimum Gasteiger partial charge on any atom is -0.380 e. The maximum Gasteiger partial charge on any atom is 0.159 e. The van der Waals surface area contributed by atoms with Gasteiger partial charge in [0.05, 0.1) is 12.3 Å². The highest BCUT2D eigenvalue weighted by atomic mass is 35.5. The van der Waals surface area contributed by atoms with Crippen LogP contribution in [0.25, 0.3) is 11.2 Å². The molecule has 0 saturated heterocycles. The molecule has 0 aliphatic rings. The van der Waals surface area contributed by atoms with Crippen molar-refractivity contribution in [3.8, 4) is 0 Å². The maximum atomic E-state index is 5.91. The van der Waals surface area contributed by atoms with Crippen molar-refractivity contribution in [2.45, 2.75) is 53.1 Å². The van der Waals surface area contributed by atoms with Crippen LogP contribution in [-0.2, 0) is 24.2 Å². The molecule has 5 nitrogen and oxygen atoms in total. The lowest BCUT2D eigenvalue weighted by Crippen LogP contribution is -2.13. The van der Waals surface area contributed by atoms with Gasteiger partial charge < -0.3 is 9.30 Å². The van der Waals surface area contributed by atoms with Gasteiger partial charge in [-0.25, -0.2) is 9.67 Å². The van der Waals surface area contributed by atoms with Gasteiger partial charge in [-0.05, 0) is 20.3 Å². The highest BCUT2D eigenvalue weighted by molar-refractivity contribution is 6.17. The van der Waals surface area contributed by atoms with Crippen molar-refractivity contribution in [3.63, 3.8) is 0 Å². The number of aryl methyl sites for hydroxylation is 3. The number of nitrogens with zero attached hydrogens (tertiary/aromatic N) is 4. The lowest BCUT2D eigenvalue weighted by Gasteiger charge is -2.10. The lowest BCUT2D eigenvalue weighted by atomic mass is 10.4. The number of unbranched alkanes of at least 4 members (excludes halogenated alkanes) is 1. The molecule has 0 spiro atoms. The minimum absolute atomic E-state index is 0.578. The average molecular weight is 313 g/mol. The summed E-state index contributed by atoms with van der Waals surface area (Å²) in [6.45, 7) is 9.45. The van der Waals surface area contributed by atoms with Crippen LogP contribution in [0.15, 0.2) is 0 Å². The third-order valence-electron chi connectivity index (χ3n) is 3.60. The zero-order valence-corrected chi connectivity index (χ0v) is 14.0. The second-order valence-corrected chi connectivity index (χ2v) is 5.54. The molecule has 0 atom stereocenters. The van der Waals surface area contributed by atoms with Gasteiger partial charge in [0.15, 0.2) is 5.65 Å². The Bertz CT molecular complexity index is 576. The topological polar surface area (TPSA) is 44.9 Å². The Labute approximate surface area is 131 Å². The van der Waals surface area contributed by atoms with Crippen LogP contribution in [0.5, 0.6) is 0 Å². The minimum atomic E-state index is 0.578. The Kier molecular flexibility index (Phi) is 6.06. The average Bonchev–Trinajstić information content (AvgIpc) is 2.98. The molecule has 0 radical (unpaired) electrons. The van der Waals surface area contributed by atoms with Gasteiger partial charge in [0.1, 0.15) is 11.3 Å². The first-order valence-electron chi connectivity index (χ1n) is 7.79. The summed E-state index contributed by atoms with van der Waals surface area (Å²) in [6.07, 6.45) is 3.04. The number of imidazole rings is 1. The first-order chi connectivity index (χ1) is 10.2. The molecule has 0 fully saturated rings. The Morgan fingerprint density at radius 2 is 2.05 bits per heavy atom. The summed E-state index contributed by atoms with van der Waals surface area (Å²) in [6, 6.07) is 0. The second kappa shape index (κ2) is 7.80. The lowest BCUT2D eigenvalue weighted by molar-refractivity contribution is 0.123. The summed E-state index contributed by atoms with van der Waals surface area (Å²) < 4.78 is 9.93. The van der Waals surface area contributed by atoms with E-state index in [9.17, 15) is 0 Å². The molecule has 21 heavy (non-hydrogen) atoms. The Balaban J connectivity index is 2.22. The SMILES string of the molecule is CCCCOCCn1c(CCCl)nc2c(C)nn(CC)c21. The van der Waals surface area contributed by atoms with Crippen LogP contribution >= 0.6 is 11.6 Å². The van der Waals surface area contributed by atoms with Crippen LogP contribution in [-0.4, -0.2) is 38.4 Å². The van der Waals surface area contributed by atoms with Crippen LogP contribution in [0, 0.1) is 6.92 Å². The third kappa shape index (κ3) is 3.58. The molecule has 2 aromatic heterocycles.